The minimum atomic E-state index is -0.963. The molecule has 2 heterocycles. The topological polar surface area (TPSA) is 53.4 Å². The number of carbonyl (C=O) groups excluding carboxylic acids is 1. The predicted octanol–water partition coefficient (Wildman–Crippen LogP) is 1.78. The first kappa shape index (κ1) is 13.3. The molecule has 5 heteroatoms. The molecular formula is C13H17ClN2O2. The number of rotatable bonds is 2. The lowest BCUT2D eigenvalue weighted by atomic mass is 10.0. The van der Waals surface area contributed by atoms with E-state index in [0.717, 1.165) is 11.3 Å². The van der Waals surface area contributed by atoms with Crippen LogP contribution in [0.2, 0.25) is 5.15 Å². The Morgan fingerprint density at radius 2 is 2.28 bits per heavy atom. The lowest BCUT2D eigenvalue weighted by Crippen LogP contribution is -2.39. The fourth-order valence-electron chi connectivity index (χ4n) is 2.08. The van der Waals surface area contributed by atoms with Gasteiger partial charge in [0.2, 0.25) is 5.91 Å². The van der Waals surface area contributed by atoms with Gasteiger partial charge in [-0.3, -0.25) is 4.79 Å². The van der Waals surface area contributed by atoms with Gasteiger partial charge in [0.05, 0.1) is 12.0 Å². The zero-order valence-electron chi connectivity index (χ0n) is 10.6. The Morgan fingerprint density at radius 1 is 1.56 bits per heavy atom. The van der Waals surface area contributed by atoms with Gasteiger partial charge >= 0.3 is 0 Å². The van der Waals surface area contributed by atoms with E-state index in [2.05, 4.69) is 4.98 Å². The van der Waals surface area contributed by atoms with Gasteiger partial charge in [0.25, 0.3) is 0 Å². The Kier molecular flexibility index (Phi) is 3.59. The fraction of sp³-hybridized carbons (Fsp3) is 0.538. The normalized spacial score (nSPS) is 15.4. The van der Waals surface area contributed by atoms with E-state index in [1.54, 1.807) is 24.8 Å². The van der Waals surface area contributed by atoms with Gasteiger partial charge in [-0.05, 0) is 25.5 Å². The number of hydrogen-bond acceptors (Lipinski definition) is 3. The van der Waals surface area contributed by atoms with E-state index in [4.69, 9.17) is 11.6 Å². The van der Waals surface area contributed by atoms with Crippen LogP contribution in [0.1, 0.15) is 31.5 Å². The standard InChI is InChI=1S/C13H17ClN2O2/c1-13(2,18)7-12(17)16-6-5-10-9(8-16)3-4-11(14)15-10/h3-4,18H,5-8H2,1-2H3. The summed E-state index contributed by atoms with van der Waals surface area (Å²) in [4.78, 5) is 18.0. The van der Waals surface area contributed by atoms with Crippen LogP contribution >= 0.6 is 11.6 Å². The monoisotopic (exact) mass is 268 g/mol. The largest absolute Gasteiger partial charge is 0.390 e. The van der Waals surface area contributed by atoms with Crippen LogP contribution in [0.3, 0.4) is 0 Å². The van der Waals surface area contributed by atoms with E-state index >= 15 is 0 Å². The number of fused-ring (bicyclic) bond motifs is 1. The smallest absolute Gasteiger partial charge is 0.225 e. The van der Waals surface area contributed by atoms with Crippen LogP contribution in [0, 0.1) is 0 Å². The summed E-state index contributed by atoms with van der Waals surface area (Å²) in [5, 5.41) is 10.2. The summed E-state index contributed by atoms with van der Waals surface area (Å²) in [7, 11) is 0. The lowest BCUT2D eigenvalue weighted by Gasteiger charge is -2.30. The summed E-state index contributed by atoms with van der Waals surface area (Å²) >= 11 is 5.84. The van der Waals surface area contributed by atoms with Gasteiger partial charge in [-0.15, -0.1) is 0 Å². The minimum Gasteiger partial charge on any atom is -0.390 e. The third-order valence-corrected chi connectivity index (χ3v) is 3.16. The fourth-order valence-corrected chi connectivity index (χ4v) is 2.25. The van der Waals surface area contributed by atoms with Crippen molar-refractivity contribution in [1.29, 1.82) is 0 Å². The summed E-state index contributed by atoms with van der Waals surface area (Å²) in [6, 6.07) is 3.65. The molecule has 98 valence electrons. The Hall–Kier alpha value is -1.13. The van der Waals surface area contributed by atoms with Crippen molar-refractivity contribution < 1.29 is 9.90 Å². The molecule has 0 spiro atoms. The molecule has 0 aromatic carbocycles. The van der Waals surface area contributed by atoms with Gasteiger partial charge in [0.1, 0.15) is 5.15 Å². The predicted molar refractivity (Wildman–Crippen MR) is 69.3 cm³/mol. The summed E-state index contributed by atoms with van der Waals surface area (Å²) in [6.45, 7) is 4.47. The van der Waals surface area contributed by atoms with Crippen LogP contribution in [-0.2, 0) is 17.8 Å². The van der Waals surface area contributed by atoms with Crippen LogP contribution in [0.5, 0.6) is 0 Å². The van der Waals surface area contributed by atoms with Gasteiger partial charge in [-0.1, -0.05) is 17.7 Å². The number of amides is 1. The van der Waals surface area contributed by atoms with E-state index < -0.39 is 5.60 Å². The number of nitrogens with zero attached hydrogens (tertiary/aromatic N) is 2. The summed E-state index contributed by atoms with van der Waals surface area (Å²) in [6.07, 6.45) is 0.858. The molecule has 1 aromatic heterocycles. The van der Waals surface area contributed by atoms with Crippen LogP contribution < -0.4 is 0 Å². The highest BCUT2D eigenvalue weighted by atomic mass is 35.5. The van der Waals surface area contributed by atoms with E-state index in [0.29, 0.717) is 24.7 Å². The maximum absolute atomic E-state index is 12.0. The Bertz CT molecular complexity index is 469. The lowest BCUT2D eigenvalue weighted by molar-refractivity contribution is -0.136. The molecule has 1 amide bonds. The van der Waals surface area contributed by atoms with Crippen LogP contribution in [0.15, 0.2) is 12.1 Å². The van der Waals surface area contributed by atoms with E-state index in [1.165, 1.54) is 0 Å². The third kappa shape index (κ3) is 3.21. The van der Waals surface area contributed by atoms with Gasteiger partial charge in [-0.25, -0.2) is 4.98 Å². The van der Waals surface area contributed by atoms with Gasteiger partial charge in [-0.2, -0.15) is 0 Å². The molecule has 0 saturated heterocycles. The van der Waals surface area contributed by atoms with Crippen molar-refractivity contribution in [3.8, 4) is 0 Å². The number of aromatic nitrogens is 1. The average Bonchev–Trinajstić information content (AvgIpc) is 2.26. The highest BCUT2D eigenvalue weighted by Crippen LogP contribution is 2.21. The van der Waals surface area contributed by atoms with Crippen molar-refractivity contribution in [2.24, 2.45) is 0 Å². The quantitative estimate of drug-likeness (QED) is 0.832. The maximum Gasteiger partial charge on any atom is 0.225 e. The van der Waals surface area contributed by atoms with Crippen molar-refractivity contribution in [3.63, 3.8) is 0 Å². The number of pyridine rings is 1. The molecule has 1 N–H and O–H groups in total. The highest BCUT2D eigenvalue weighted by Gasteiger charge is 2.26. The van der Waals surface area contributed by atoms with Crippen LogP contribution in [0.4, 0.5) is 0 Å². The van der Waals surface area contributed by atoms with Crippen LogP contribution in [0.25, 0.3) is 0 Å². The number of aliphatic hydroxyl groups is 1. The molecule has 0 saturated carbocycles. The Morgan fingerprint density at radius 3 is 2.94 bits per heavy atom. The highest BCUT2D eigenvalue weighted by molar-refractivity contribution is 6.29. The van der Waals surface area contributed by atoms with Crippen molar-refractivity contribution >= 4 is 17.5 Å². The maximum atomic E-state index is 12.0. The Balaban J connectivity index is 2.08. The van der Waals surface area contributed by atoms with Crippen molar-refractivity contribution in [2.75, 3.05) is 6.54 Å². The van der Waals surface area contributed by atoms with Gasteiger partial charge in [0.15, 0.2) is 0 Å². The van der Waals surface area contributed by atoms with Gasteiger partial charge in [0, 0.05) is 25.2 Å². The first-order valence-corrected chi connectivity index (χ1v) is 6.37. The van der Waals surface area contributed by atoms with E-state index in [-0.39, 0.29) is 12.3 Å². The molecule has 4 nitrogen and oxygen atoms in total. The van der Waals surface area contributed by atoms with Crippen molar-refractivity contribution in [1.82, 2.24) is 9.88 Å². The molecule has 18 heavy (non-hydrogen) atoms. The zero-order chi connectivity index (χ0) is 13.3. The molecule has 2 rings (SSSR count). The van der Waals surface area contributed by atoms with Crippen molar-refractivity contribution in [3.05, 3.63) is 28.5 Å². The third-order valence-electron chi connectivity index (χ3n) is 2.95. The van der Waals surface area contributed by atoms with Crippen LogP contribution in [-0.4, -0.2) is 33.0 Å². The van der Waals surface area contributed by atoms with Gasteiger partial charge < -0.3 is 10.0 Å². The number of halogens is 1. The molecule has 0 unspecified atom stereocenters. The minimum absolute atomic E-state index is 0.0249. The molecule has 1 aliphatic rings. The SMILES string of the molecule is CC(C)(O)CC(=O)N1CCc2nc(Cl)ccc2C1. The van der Waals surface area contributed by atoms with E-state index in [1.807, 2.05) is 6.07 Å². The molecule has 1 aliphatic heterocycles. The first-order chi connectivity index (χ1) is 8.35. The molecule has 0 bridgehead atoms. The van der Waals surface area contributed by atoms with E-state index in [9.17, 15) is 9.90 Å². The molecule has 0 fully saturated rings. The second kappa shape index (κ2) is 4.86. The molecule has 0 atom stereocenters. The molecule has 0 aliphatic carbocycles. The van der Waals surface area contributed by atoms with Crippen molar-refractivity contribution in [2.45, 2.75) is 38.8 Å². The Labute approximate surface area is 112 Å². The zero-order valence-corrected chi connectivity index (χ0v) is 11.4. The molecular weight excluding hydrogens is 252 g/mol. The number of hydrogen-bond donors (Lipinski definition) is 1. The summed E-state index contributed by atoms with van der Waals surface area (Å²) in [5.41, 5.74) is 1.04. The molecule has 0 radical (unpaired) electrons. The first-order valence-electron chi connectivity index (χ1n) is 5.99. The number of carbonyl (C=O) groups is 1. The second-order valence-corrected chi connectivity index (χ2v) is 5.68. The second-order valence-electron chi connectivity index (χ2n) is 5.29. The summed E-state index contributed by atoms with van der Waals surface area (Å²) in [5.74, 6) is -0.0249. The average molecular weight is 269 g/mol. The summed E-state index contributed by atoms with van der Waals surface area (Å²) < 4.78 is 0. The molecule has 1 aromatic rings.